The summed E-state index contributed by atoms with van der Waals surface area (Å²) in [6, 6.07) is 0. The molecule has 0 fully saturated rings. The fraction of sp³-hybridized carbons (Fsp3) is 0.800. The van der Waals surface area contributed by atoms with Crippen LogP contribution in [0.3, 0.4) is 0 Å². The van der Waals surface area contributed by atoms with Crippen molar-refractivity contribution in [3.63, 3.8) is 0 Å². The van der Waals surface area contributed by atoms with Crippen LogP contribution < -0.4 is 35.0 Å². The number of rotatable bonds is 9. The van der Waals surface area contributed by atoms with Gasteiger partial charge in [-0.1, -0.05) is 25.7 Å². The van der Waals surface area contributed by atoms with Crippen LogP contribution in [0.4, 0.5) is 0 Å². The molecule has 0 aliphatic carbocycles. The highest BCUT2D eigenvalue weighted by atomic mass is 35.5. The van der Waals surface area contributed by atoms with E-state index < -0.39 is 11.9 Å². The molecule has 0 rings (SSSR count). The van der Waals surface area contributed by atoms with Crippen LogP contribution in [0.5, 0.6) is 0 Å². The smallest absolute Gasteiger partial charge is 0.0414 e. The van der Waals surface area contributed by atoms with E-state index in [4.69, 9.17) is 0 Å². The minimum atomic E-state index is -0.998. The van der Waals surface area contributed by atoms with Crippen LogP contribution in [-0.2, 0) is 9.59 Å². The Hall–Kier alpha value is -0.480. The van der Waals surface area contributed by atoms with Crippen LogP contribution in [0.1, 0.15) is 51.4 Å². The Bertz CT molecular complexity index is 166. The fourth-order valence-electron chi connectivity index (χ4n) is 1.25. The Balaban J connectivity index is -0.000000845. The Morgan fingerprint density at radius 3 is 1.12 bits per heavy atom. The maximum absolute atomic E-state index is 10.0. The predicted molar refractivity (Wildman–Crippen MR) is 47.0 cm³/mol. The molecule has 0 aliphatic heterocycles. The lowest BCUT2D eigenvalue weighted by Gasteiger charge is -2.03. The highest BCUT2D eigenvalue weighted by Crippen LogP contribution is 2.07. The van der Waals surface area contributed by atoms with Crippen molar-refractivity contribution in [2.24, 2.45) is 0 Å². The molecule has 0 saturated heterocycles. The van der Waals surface area contributed by atoms with E-state index >= 15 is 0 Å². The summed E-state index contributed by atoms with van der Waals surface area (Å²) in [5, 5.41) is 20.1. The maximum atomic E-state index is 10.0. The summed E-state index contributed by atoms with van der Waals surface area (Å²) in [6.45, 7) is 0. The van der Waals surface area contributed by atoms with E-state index in [1.807, 2.05) is 0 Å². The highest BCUT2D eigenvalue weighted by Gasteiger charge is 1.92. The Morgan fingerprint density at radius 2 is 0.875 bits per heavy atom. The van der Waals surface area contributed by atoms with Crippen LogP contribution in [0.15, 0.2) is 0 Å². The molecule has 0 aromatic carbocycles. The van der Waals surface area contributed by atoms with E-state index in [2.05, 4.69) is 0 Å². The molecule has 0 radical (unpaired) electrons. The van der Waals surface area contributed by atoms with Crippen LogP contribution in [-0.4, -0.2) is 11.9 Å². The summed E-state index contributed by atoms with van der Waals surface area (Å²) in [4.78, 5) is 20.1. The number of aliphatic carboxylic acids is 2. The number of carbonyl (C=O) groups excluding carboxylic acids is 2. The van der Waals surface area contributed by atoms with Gasteiger partial charge >= 0.3 is 0 Å². The number of carboxylic acids is 2. The largest absolute Gasteiger partial charge is 1.00 e. The summed E-state index contributed by atoms with van der Waals surface area (Å²) < 4.78 is 0. The number of carbonyl (C=O) groups is 2. The van der Waals surface area contributed by atoms with Crippen LogP contribution in [0.2, 0.25) is 0 Å². The fourth-order valence-corrected chi connectivity index (χ4v) is 1.25. The average Bonchev–Trinajstić information content (AvgIpc) is 2.08. The highest BCUT2D eigenvalue weighted by molar-refractivity contribution is 5.64. The van der Waals surface area contributed by atoms with Gasteiger partial charge in [0.05, 0.1) is 0 Å². The minimum absolute atomic E-state index is 0. The van der Waals surface area contributed by atoms with Crippen LogP contribution in [0.25, 0.3) is 0 Å². The first-order valence-corrected chi connectivity index (χ1v) is 5.02. The van der Waals surface area contributed by atoms with Gasteiger partial charge in [-0.2, -0.15) is 0 Å². The third-order valence-corrected chi connectivity index (χ3v) is 2.01. The number of hydrogen-bond donors (Lipinski definition) is 0. The predicted octanol–water partition coefficient (Wildman–Crippen LogP) is -6.38. The van der Waals surface area contributed by atoms with E-state index in [0.717, 1.165) is 25.7 Å². The Kier molecular flexibility index (Phi) is 18.9. The first-order valence-electron chi connectivity index (χ1n) is 5.02. The zero-order valence-electron chi connectivity index (χ0n) is 9.05. The number of carboxylic acid groups (broad SMARTS) is 2. The molecule has 98 valence electrons. The molecule has 0 spiro atoms. The molecule has 0 unspecified atom stereocenters. The molecule has 0 aliphatic rings. The lowest BCUT2D eigenvalue weighted by Crippen LogP contribution is -3.00. The van der Waals surface area contributed by atoms with E-state index in [-0.39, 0.29) is 37.7 Å². The van der Waals surface area contributed by atoms with Crippen molar-refractivity contribution in [2.75, 3.05) is 0 Å². The minimum Gasteiger partial charge on any atom is -1.00 e. The average molecular weight is 271 g/mol. The van der Waals surface area contributed by atoms with Crippen molar-refractivity contribution in [1.29, 1.82) is 0 Å². The molecule has 0 aromatic rings. The molecular formula is C10H16Cl2O4-4. The van der Waals surface area contributed by atoms with Crippen molar-refractivity contribution in [3.05, 3.63) is 0 Å². The summed E-state index contributed by atoms with van der Waals surface area (Å²) in [5.41, 5.74) is 0. The molecule has 0 bridgehead atoms. The van der Waals surface area contributed by atoms with Crippen molar-refractivity contribution in [3.8, 4) is 0 Å². The number of unbranched alkanes of at least 4 members (excludes halogenated alkanes) is 5. The SMILES string of the molecule is O=C([O-])CCCCCCCCC(=O)[O-].[Cl-].[Cl-]. The first-order chi connectivity index (χ1) is 6.63. The molecule has 0 N–H and O–H groups in total. The van der Waals surface area contributed by atoms with Gasteiger partial charge in [-0.3, -0.25) is 0 Å². The molecule has 0 atom stereocenters. The Morgan fingerprint density at radius 1 is 0.625 bits per heavy atom. The molecule has 16 heavy (non-hydrogen) atoms. The molecule has 0 heterocycles. The lowest BCUT2D eigenvalue weighted by molar-refractivity contribution is -0.307. The van der Waals surface area contributed by atoms with Gasteiger partial charge in [-0.25, -0.2) is 0 Å². The van der Waals surface area contributed by atoms with Gasteiger partial charge in [0.15, 0.2) is 0 Å². The van der Waals surface area contributed by atoms with Crippen molar-refractivity contribution >= 4 is 11.9 Å². The van der Waals surface area contributed by atoms with Gasteiger partial charge < -0.3 is 44.6 Å². The lowest BCUT2D eigenvalue weighted by atomic mass is 10.1. The van der Waals surface area contributed by atoms with Gasteiger partial charge in [0.25, 0.3) is 0 Å². The summed E-state index contributed by atoms with van der Waals surface area (Å²) in [7, 11) is 0. The standard InChI is InChI=1S/C10H18O4.2ClH/c11-9(12)7-5-3-1-2-4-6-8-10(13)14;;/h1-8H2,(H,11,12)(H,13,14);2*1H/p-4. The van der Waals surface area contributed by atoms with Crippen LogP contribution >= 0.6 is 0 Å². The third kappa shape index (κ3) is 19.1. The normalized spacial score (nSPS) is 8.75. The molecule has 0 aromatic heterocycles. The quantitative estimate of drug-likeness (QED) is 0.391. The molecule has 6 heteroatoms. The zero-order chi connectivity index (χ0) is 10.8. The first kappa shape index (κ1) is 20.9. The molecule has 0 amide bonds. The van der Waals surface area contributed by atoms with Gasteiger partial charge in [-0.05, 0) is 25.7 Å². The summed E-state index contributed by atoms with van der Waals surface area (Å²) >= 11 is 0. The third-order valence-electron chi connectivity index (χ3n) is 2.01. The second kappa shape index (κ2) is 14.5. The van der Waals surface area contributed by atoms with Crippen molar-refractivity contribution in [1.82, 2.24) is 0 Å². The van der Waals surface area contributed by atoms with Crippen LogP contribution in [0, 0.1) is 0 Å². The zero-order valence-corrected chi connectivity index (χ0v) is 10.6. The van der Waals surface area contributed by atoms with E-state index in [1.165, 1.54) is 0 Å². The van der Waals surface area contributed by atoms with E-state index in [0.29, 0.717) is 12.8 Å². The van der Waals surface area contributed by atoms with Gasteiger partial charge in [0.1, 0.15) is 0 Å². The monoisotopic (exact) mass is 270 g/mol. The summed E-state index contributed by atoms with van der Waals surface area (Å²) in [6.07, 6.45) is 5.23. The van der Waals surface area contributed by atoms with Crippen molar-refractivity contribution in [2.45, 2.75) is 51.4 Å². The number of halogens is 2. The number of hydrogen-bond acceptors (Lipinski definition) is 4. The molecule has 0 saturated carbocycles. The topological polar surface area (TPSA) is 80.3 Å². The second-order valence-electron chi connectivity index (χ2n) is 3.37. The summed E-state index contributed by atoms with van der Waals surface area (Å²) in [5.74, 6) is -2.00. The van der Waals surface area contributed by atoms with Gasteiger partial charge in [0, 0.05) is 11.9 Å². The maximum Gasteiger partial charge on any atom is 0.0414 e. The Labute approximate surface area is 108 Å². The van der Waals surface area contributed by atoms with Gasteiger partial charge in [-0.15, -0.1) is 0 Å². The van der Waals surface area contributed by atoms with E-state index in [9.17, 15) is 19.8 Å². The molecular weight excluding hydrogens is 255 g/mol. The molecule has 4 nitrogen and oxygen atoms in total. The van der Waals surface area contributed by atoms with Crippen molar-refractivity contribution < 1.29 is 44.6 Å². The van der Waals surface area contributed by atoms with E-state index in [1.54, 1.807) is 0 Å². The van der Waals surface area contributed by atoms with Gasteiger partial charge in [0.2, 0.25) is 0 Å². The second-order valence-corrected chi connectivity index (χ2v) is 3.37.